The predicted octanol–water partition coefficient (Wildman–Crippen LogP) is 3.49. The molecule has 0 radical (unpaired) electrons. The maximum absolute atomic E-state index is 12.3. The monoisotopic (exact) mass is 408 g/mol. The minimum atomic E-state index is -3.91. The van der Waals surface area contributed by atoms with Crippen molar-refractivity contribution in [2.45, 2.75) is 18.4 Å². The number of aromatic nitrogens is 1. The van der Waals surface area contributed by atoms with Crippen LogP contribution in [0.2, 0.25) is 0 Å². The average molecular weight is 408 g/mol. The summed E-state index contributed by atoms with van der Waals surface area (Å²) in [7, 11) is -3.91. The number of aryl methyl sites for hydroxylation is 1. The summed E-state index contributed by atoms with van der Waals surface area (Å²) in [5.74, 6) is -0.0527. The summed E-state index contributed by atoms with van der Waals surface area (Å²) >= 11 is 0. The number of hydrogen-bond donors (Lipinski definition) is 1. The van der Waals surface area contributed by atoms with Gasteiger partial charge in [-0.25, -0.2) is 13.1 Å². The van der Waals surface area contributed by atoms with Crippen LogP contribution in [0.5, 0.6) is 5.75 Å². The molecule has 0 aliphatic heterocycles. The molecular formula is C22H20N2O4S. The Morgan fingerprint density at radius 3 is 2.45 bits per heavy atom. The van der Waals surface area contributed by atoms with Gasteiger partial charge >= 0.3 is 0 Å². The zero-order chi connectivity index (χ0) is 20.7. The molecule has 29 heavy (non-hydrogen) atoms. The first kappa shape index (κ1) is 20.3. The van der Waals surface area contributed by atoms with Crippen LogP contribution in [0, 0.1) is 6.92 Å². The van der Waals surface area contributed by atoms with Crippen LogP contribution in [0.3, 0.4) is 0 Å². The van der Waals surface area contributed by atoms with Crippen LogP contribution in [0.15, 0.2) is 83.9 Å². The summed E-state index contributed by atoms with van der Waals surface area (Å²) in [6.45, 7) is 2.03. The number of nitrogens with one attached hydrogen (secondary N) is 1. The fourth-order valence-corrected chi connectivity index (χ4v) is 3.76. The van der Waals surface area contributed by atoms with Crippen molar-refractivity contribution in [2.75, 3.05) is 0 Å². The molecule has 3 rings (SSSR count). The minimum Gasteiger partial charge on any atom is -0.487 e. The van der Waals surface area contributed by atoms with Gasteiger partial charge in [0.15, 0.2) is 0 Å². The summed E-state index contributed by atoms with van der Waals surface area (Å²) in [6.07, 6.45) is 4.42. The van der Waals surface area contributed by atoms with E-state index in [0.717, 1.165) is 11.3 Å². The fourth-order valence-electron chi connectivity index (χ4n) is 2.57. The largest absolute Gasteiger partial charge is 0.487 e. The topological polar surface area (TPSA) is 85.4 Å². The Kier molecular flexibility index (Phi) is 6.41. The zero-order valence-electron chi connectivity index (χ0n) is 15.8. The van der Waals surface area contributed by atoms with Crippen LogP contribution in [-0.4, -0.2) is 19.3 Å². The number of benzene rings is 2. The molecule has 7 heteroatoms. The highest BCUT2D eigenvalue weighted by Gasteiger charge is 2.17. The van der Waals surface area contributed by atoms with Crippen molar-refractivity contribution >= 4 is 22.0 Å². The summed E-state index contributed by atoms with van der Waals surface area (Å²) in [4.78, 5) is 16.3. The van der Waals surface area contributed by atoms with E-state index >= 15 is 0 Å². The zero-order valence-corrected chi connectivity index (χ0v) is 16.6. The Labute approximate surface area is 169 Å². The quantitative estimate of drug-likeness (QED) is 0.605. The minimum absolute atomic E-state index is 0.0798. The average Bonchev–Trinajstić information content (AvgIpc) is 2.72. The third-order valence-corrected chi connectivity index (χ3v) is 5.55. The van der Waals surface area contributed by atoms with Crippen LogP contribution in [0.4, 0.5) is 0 Å². The van der Waals surface area contributed by atoms with E-state index < -0.39 is 15.9 Å². The standard InChI is InChI=1S/C22H20N2O4S/c1-17-6-2-3-8-21(17)29(26,27)24-22(25)14-11-18-9-12-20(13-10-18)28-16-19-7-4-5-15-23-19/h2-15H,16H2,1H3,(H,24,25)/b14-11+. The van der Waals surface area contributed by atoms with Crippen molar-refractivity contribution < 1.29 is 17.9 Å². The van der Waals surface area contributed by atoms with Gasteiger partial charge in [0.2, 0.25) is 0 Å². The molecule has 3 aromatic rings. The SMILES string of the molecule is Cc1ccccc1S(=O)(=O)NC(=O)/C=C/c1ccc(OCc2ccccn2)cc1. The van der Waals surface area contributed by atoms with Crippen molar-refractivity contribution in [3.05, 3.63) is 95.8 Å². The molecule has 0 fully saturated rings. The van der Waals surface area contributed by atoms with E-state index in [4.69, 9.17) is 4.74 Å². The van der Waals surface area contributed by atoms with Crippen LogP contribution in [-0.2, 0) is 21.4 Å². The molecule has 0 bridgehead atoms. The number of pyridine rings is 1. The fraction of sp³-hybridized carbons (Fsp3) is 0.0909. The van der Waals surface area contributed by atoms with Crippen molar-refractivity contribution in [1.82, 2.24) is 9.71 Å². The first-order chi connectivity index (χ1) is 13.9. The molecule has 1 amide bonds. The lowest BCUT2D eigenvalue weighted by Gasteiger charge is -2.07. The van der Waals surface area contributed by atoms with E-state index in [-0.39, 0.29) is 4.90 Å². The van der Waals surface area contributed by atoms with E-state index in [1.165, 1.54) is 18.2 Å². The number of carbonyl (C=O) groups excluding carboxylic acids is 1. The van der Waals surface area contributed by atoms with Gasteiger partial charge in [-0.15, -0.1) is 0 Å². The molecule has 0 spiro atoms. The molecule has 0 saturated carbocycles. The lowest BCUT2D eigenvalue weighted by atomic mass is 10.2. The van der Waals surface area contributed by atoms with Crippen molar-refractivity contribution in [3.63, 3.8) is 0 Å². The second-order valence-corrected chi connectivity index (χ2v) is 7.90. The highest BCUT2D eigenvalue weighted by molar-refractivity contribution is 7.90. The second kappa shape index (κ2) is 9.16. The molecule has 0 unspecified atom stereocenters. The molecule has 0 aliphatic rings. The Morgan fingerprint density at radius 2 is 1.76 bits per heavy atom. The number of hydrogen-bond acceptors (Lipinski definition) is 5. The van der Waals surface area contributed by atoms with Crippen LogP contribution in [0.1, 0.15) is 16.8 Å². The Balaban J connectivity index is 1.58. The van der Waals surface area contributed by atoms with Crippen LogP contribution in [0.25, 0.3) is 6.08 Å². The molecule has 0 saturated heterocycles. The van der Waals surface area contributed by atoms with Crippen molar-refractivity contribution in [2.24, 2.45) is 0 Å². The van der Waals surface area contributed by atoms with Gasteiger partial charge in [0.25, 0.3) is 15.9 Å². The lowest BCUT2D eigenvalue weighted by Crippen LogP contribution is -2.29. The first-order valence-electron chi connectivity index (χ1n) is 8.87. The van der Waals surface area contributed by atoms with Gasteiger partial charge < -0.3 is 4.74 Å². The van der Waals surface area contributed by atoms with Crippen molar-refractivity contribution in [3.8, 4) is 5.75 Å². The van der Waals surface area contributed by atoms with Gasteiger partial charge in [-0.05, 0) is 54.5 Å². The maximum Gasteiger partial charge on any atom is 0.264 e. The third-order valence-electron chi connectivity index (χ3n) is 4.04. The molecular weight excluding hydrogens is 388 g/mol. The van der Waals surface area contributed by atoms with Crippen molar-refractivity contribution in [1.29, 1.82) is 0 Å². The van der Waals surface area contributed by atoms with E-state index in [2.05, 4.69) is 4.98 Å². The Hall–Kier alpha value is -3.45. The third kappa shape index (κ3) is 5.76. The molecule has 0 aliphatic carbocycles. The number of rotatable bonds is 7. The first-order valence-corrected chi connectivity index (χ1v) is 10.4. The van der Waals surface area contributed by atoms with Gasteiger partial charge in [0.1, 0.15) is 12.4 Å². The van der Waals surface area contributed by atoms with Crippen LogP contribution < -0.4 is 9.46 Å². The van der Waals surface area contributed by atoms with Crippen LogP contribution >= 0.6 is 0 Å². The summed E-state index contributed by atoms with van der Waals surface area (Å²) in [6, 6.07) is 19.2. The normalized spacial score (nSPS) is 11.3. The molecule has 1 heterocycles. The molecule has 0 atom stereocenters. The van der Waals surface area contributed by atoms with E-state index in [0.29, 0.717) is 17.9 Å². The summed E-state index contributed by atoms with van der Waals surface area (Å²) in [5, 5.41) is 0. The summed E-state index contributed by atoms with van der Waals surface area (Å²) < 4.78 is 32.3. The Morgan fingerprint density at radius 1 is 1.03 bits per heavy atom. The van der Waals surface area contributed by atoms with E-state index in [9.17, 15) is 13.2 Å². The second-order valence-electron chi connectivity index (χ2n) is 6.25. The maximum atomic E-state index is 12.3. The number of amides is 1. The lowest BCUT2D eigenvalue weighted by molar-refractivity contribution is -0.114. The van der Waals surface area contributed by atoms with Gasteiger partial charge in [-0.1, -0.05) is 36.4 Å². The molecule has 1 aromatic heterocycles. The molecule has 148 valence electrons. The smallest absolute Gasteiger partial charge is 0.264 e. The summed E-state index contributed by atoms with van der Waals surface area (Å²) in [5.41, 5.74) is 2.12. The Bertz CT molecular complexity index is 1110. The van der Waals surface area contributed by atoms with E-state index in [1.807, 2.05) is 22.9 Å². The molecule has 6 nitrogen and oxygen atoms in total. The highest BCUT2D eigenvalue weighted by atomic mass is 32.2. The van der Waals surface area contributed by atoms with Gasteiger partial charge in [-0.2, -0.15) is 0 Å². The number of nitrogens with zero attached hydrogens (tertiary/aromatic N) is 1. The van der Waals surface area contributed by atoms with Gasteiger partial charge in [0, 0.05) is 12.3 Å². The van der Waals surface area contributed by atoms with E-state index in [1.54, 1.807) is 55.6 Å². The molecule has 1 N–H and O–H groups in total. The number of sulfonamides is 1. The number of carbonyl (C=O) groups is 1. The van der Waals surface area contributed by atoms with Gasteiger partial charge in [-0.3, -0.25) is 9.78 Å². The highest BCUT2D eigenvalue weighted by Crippen LogP contribution is 2.15. The number of ether oxygens (including phenoxy) is 1. The predicted molar refractivity (Wildman–Crippen MR) is 111 cm³/mol. The van der Waals surface area contributed by atoms with Gasteiger partial charge in [0.05, 0.1) is 10.6 Å². The molecule has 2 aromatic carbocycles.